The third-order valence-corrected chi connectivity index (χ3v) is 1.91. The van der Waals surface area contributed by atoms with E-state index in [9.17, 15) is 0 Å². The largest absolute Gasteiger partial charge is 0.391 e. The third kappa shape index (κ3) is 8.48. The molecule has 0 amide bonds. The number of ether oxygens (including phenoxy) is 2. The molecule has 2 atom stereocenters. The smallest absolute Gasteiger partial charge is 0.157 e. The van der Waals surface area contributed by atoms with E-state index in [-0.39, 0.29) is 6.29 Å². The van der Waals surface area contributed by atoms with Crippen LogP contribution in [0.1, 0.15) is 46.5 Å². The summed E-state index contributed by atoms with van der Waals surface area (Å²) in [4.78, 5) is 0. The Morgan fingerprint density at radius 3 is 2.36 bits per heavy atom. The molecule has 0 fully saturated rings. The number of hydrogen-bond donors (Lipinski definition) is 1. The molecule has 1 N–H and O–H groups in total. The maximum absolute atomic E-state index is 9.03. The SMILES string of the molecule is CCCCCOC(CC)OCC(C)O. The van der Waals surface area contributed by atoms with Crippen LogP contribution in [0.25, 0.3) is 0 Å². The maximum Gasteiger partial charge on any atom is 0.157 e. The van der Waals surface area contributed by atoms with Gasteiger partial charge in [-0.3, -0.25) is 0 Å². The second-order valence-corrected chi connectivity index (χ2v) is 3.60. The second kappa shape index (κ2) is 9.44. The van der Waals surface area contributed by atoms with Crippen LogP contribution < -0.4 is 0 Å². The summed E-state index contributed by atoms with van der Waals surface area (Å²) < 4.78 is 10.9. The molecular formula is C11H24O3. The first kappa shape index (κ1) is 13.9. The van der Waals surface area contributed by atoms with Gasteiger partial charge in [-0.1, -0.05) is 26.7 Å². The van der Waals surface area contributed by atoms with Crippen LogP contribution >= 0.6 is 0 Å². The first-order chi connectivity index (χ1) is 6.70. The Balaban J connectivity index is 3.38. The molecule has 0 aliphatic rings. The van der Waals surface area contributed by atoms with Crippen molar-refractivity contribution in [1.82, 2.24) is 0 Å². The van der Waals surface area contributed by atoms with Crippen LogP contribution in [-0.2, 0) is 9.47 Å². The van der Waals surface area contributed by atoms with E-state index in [4.69, 9.17) is 14.6 Å². The van der Waals surface area contributed by atoms with Gasteiger partial charge >= 0.3 is 0 Å². The predicted molar refractivity (Wildman–Crippen MR) is 57.2 cm³/mol. The van der Waals surface area contributed by atoms with Crippen LogP contribution in [-0.4, -0.2) is 30.7 Å². The minimum atomic E-state index is -0.414. The van der Waals surface area contributed by atoms with Crippen molar-refractivity contribution in [1.29, 1.82) is 0 Å². The number of aliphatic hydroxyl groups is 1. The minimum Gasteiger partial charge on any atom is -0.391 e. The van der Waals surface area contributed by atoms with Gasteiger partial charge in [-0.25, -0.2) is 0 Å². The van der Waals surface area contributed by atoms with Crippen LogP contribution in [0, 0.1) is 0 Å². The molecule has 0 radical (unpaired) electrons. The van der Waals surface area contributed by atoms with Crippen LogP contribution in [0.4, 0.5) is 0 Å². The van der Waals surface area contributed by atoms with Gasteiger partial charge < -0.3 is 14.6 Å². The molecule has 0 rings (SSSR count). The van der Waals surface area contributed by atoms with E-state index in [1.54, 1.807) is 6.92 Å². The summed E-state index contributed by atoms with van der Waals surface area (Å²) in [6.45, 7) is 7.01. The predicted octanol–water partition coefficient (Wildman–Crippen LogP) is 2.33. The summed E-state index contributed by atoms with van der Waals surface area (Å²) in [5.74, 6) is 0. The zero-order valence-corrected chi connectivity index (χ0v) is 9.66. The average Bonchev–Trinajstić information content (AvgIpc) is 2.16. The molecule has 86 valence electrons. The van der Waals surface area contributed by atoms with Crippen LogP contribution in [0.3, 0.4) is 0 Å². The zero-order chi connectivity index (χ0) is 10.8. The van der Waals surface area contributed by atoms with Gasteiger partial charge in [0.1, 0.15) is 0 Å². The van der Waals surface area contributed by atoms with E-state index in [1.165, 1.54) is 12.8 Å². The maximum atomic E-state index is 9.03. The highest BCUT2D eigenvalue weighted by Crippen LogP contribution is 2.04. The summed E-state index contributed by atoms with van der Waals surface area (Å²) in [5.41, 5.74) is 0. The van der Waals surface area contributed by atoms with Crippen molar-refractivity contribution in [3.8, 4) is 0 Å². The van der Waals surface area contributed by atoms with Gasteiger partial charge in [-0.05, 0) is 19.8 Å². The van der Waals surface area contributed by atoms with Gasteiger partial charge in [0.05, 0.1) is 12.7 Å². The summed E-state index contributed by atoms with van der Waals surface area (Å²) in [6.07, 6.45) is 3.76. The highest BCUT2D eigenvalue weighted by Gasteiger charge is 2.07. The Bertz CT molecular complexity index is 115. The van der Waals surface area contributed by atoms with Gasteiger partial charge in [0.25, 0.3) is 0 Å². The highest BCUT2D eigenvalue weighted by molar-refractivity contribution is 4.46. The standard InChI is InChI=1S/C11H24O3/c1-4-6-7-8-13-11(5-2)14-9-10(3)12/h10-12H,4-9H2,1-3H3. The van der Waals surface area contributed by atoms with E-state index in [0.717, 1.165) is 19.4 Å². The molecule has 14 heavy (non-hydrogen) atoms. The highest BCUT2D eigenvalue weighted by atomic mass is 16.7. The lowest BCUT2D eigenvalue weighted by atomic mass is 10.3. The fourth-order valence-corrected chi connectivity index (χ4v) is 1.10. The van der Waals surface area contributed by atoms with Gasteiger partial charge in [0.15, 0.2) is 6.29 Å². The Kier molecular flexibility index (Phi) is 9.35. The normalized spacial score (nSPS) is 15.4. The van der Waals surface area contributed by atoms with Crippen molar-refractivity contribution in [2.45, 2.75) is 58.8 Å². The summed E-state index contributed by atoms with van der Waals surface area (Å²) >= 11 is 0. The van der Waals surface area contributed by atoms with Crippen molar-refractivity contribution in [3.63, 3.8) is 0 Å². The van der Waals surface area contributed by atoms with E-state index in [2.05, 4.69) is 6.92 Å². The number of unbranched alkanes of at least 4 members (excludes halogenated alkanes) is 2. The van der Waals surface area contributed by atoms with Crippen LogP contribution in [0.5, 0.6) is 0 Å². The fourth-order valence-electron chi connectivity index (χ4n) is 1.10. The molecule has 0 saturated heterocycles. The van der Waals surface area contributed by atoms with Crippen LogP contribution in [0.2, 0.25) is 0 Å². The van der Waals surface area contributed by atoms with E-state index in [1.807, 2.05) is 6.92 Å². The van der Waals surface area contributed by atoms with Crippen molar-refractivity contribution >= 4 is 0 Å². The van der Waals surface area contributed by atoms with Crippen molar-refractivity contribution < 1.29 is 14.6 Å². The zero-order valence-electron chi connectivity index (χ0n) is 9.66. The Hall–Kier alpha value is -0.120. The Morgan fingerprint density at radius 1 is 1.14 bits per heavy atom. The van der Waals surface area contributed by atoms with Crippen LogP contribution in [0.15, 0.2) is 0 Å². The molecule has 2 unspecified atom stereocenters. The molecule has 0 spiro atoms. The molecule has 0 aliphatic carbocycles. The first-order valence-electron chi connectivity index (χ1n) is 5.62. The van der Waals surface area contributed by atoms with Gasteiger partial charge in [-0.2, -0.15) is 0 Å². The van der Waals surface area contributed by atoms with Gasteiger partial charge in [0, 0.05) is 6.61 Å². The second-order valence-electron chi connectivity index (χ2n) is 3.60. The summed E-state index contributed by atoms with van der Waals surface area (Å²) in [7, 11) is 0. The third-order valence-electron chi connectivity index (χ3n) is 1.91. The van der Waals surface area contributed by atoms with E-state index in [0.29, 0.717) is 6.61 Å². The number of rotatable bonds is 9. The van der Waals surface area contributed by atoms with Crippen molar-refractivity contribution in [3.05, 3.63) is 0 Å². The molecule has 0 saturated carbocycles. The molecule has 0 aromatic heterocycles. The Labute approximate surface area is 87.4 Å². The summed E-state index contributed by atoms with van der Waals surface area (Å²) in [6, 6.07) is 0. The van der Waals surface area contributed by atoms with Crippen molar-refractivity contribution in [2.75, 3.05) is 13.2 Å². The molecular weight excluding hydrogens is 180 g/mol. The summed E-state index contributed by atoms with van der Waals surface area (Å²) in [5, 5.41) is 9.03. The minimum absolute atomic E-state index is 0.151. The average molecular weight is 204 g/mol. The topological polar surface area (TPSA) is 38.7 Å². The lowest BCUT2D eigenvalue weighted by Gasteiger charge is -2.17. The first-order valence-corrected chi connectivity index (χ1v) is 5.62. The quantitative estimate of drug-likeness (QED) is 0.463. The van der Waals surface area contributed by atoms with Crippen molar-refractivity contribution in [2.24, 2.45) is 0 Å². The number of hydrogen-bond acceptors (Lipinski definition) is 3. The number of aliphatic hydroxyl groups excluding tert-OH is 1. The monoisotopic (exact) mass is 204 g/mol. The molecule has 0 bridgehead atoms. The molecule has 3 nitrogen and oxygen atoms in total. The fraction of sp³-hybridized carbons (Fsp3) is 1.00. The van der Waals surface area contributed by atoms with Gasteiger partial charge in [-0.15, -0.1) is 0 Å². The lowest BCUT2D eigenvalue weighted by molar-refractivity contribution is -0.157. The van der Waals surface area contributed by atoms with E-state index < -0.39 is 6.10 Å². The molecule has 3 heteroatoms. The molecule has 0 aliphatic heterocycles. The lowest BCUT2D eigenvalue weighted by Crippen LogP contribution is -2.22. The molecule has 0 heterocycles. The van der Waals surface area contributed by atoms with E-state index >= 15 is 0 Å². The Morgan fingerprint density at radius 2 is 1.86 bits per heavy atom. The molecule has 0 aromatic rings. The van der Waals surface area contributed by atoms with Gasteiger partial charge in [0.2, 0.25) is 0 Å². The molecule has 0 aromatic carbocycles.